The van der Waals surface area contributed by atoms with Gasteiger partial charge < -0.3 is 15.4 Å². The van der Waals surface area contributed by atoms with Gasteiger partial charge in [0.15, 0.2) is 0 Å². The van der Waals surface area contributed by atoms with E-state index in [4.69, 9.17) is 0 Å². The first kappa shape index (κ1) is 14.7. The second kappa shape index (κ2) is 7.84. The molecule has 0 saturated heterocycles. The summed E-state index contributed by atoms with van der Waals surface area (Å²) in [4.78, 5) is 23.9. The lowest BCUT2D eigenvalue weighted by Crippen LogP contribution is -2.29. The number of carbonyl (C=O) groups is 2. The minimum absolute atomic E-state index is 0.0201. The van der Waals surface area contributed by atoms with Crippen LogP contribution in [0.1, 0.15) is 16.7 Å². The van der Waals surface area contributed by atoms with Gasteiger partial charge in [-0.2, -0.15) is 0 Å². The first-order valence-corrected chi connectivity index (χ1v) is 6.53. The summed E-state index contributed by atoms with van der Waals surface area (Å²) in [7, 11) is 1.39. The Bertz CT molecular complexity index is 404. The van der Waals surface area contributed by atoms with Crippen molar-refractivity contribution in [2.75, 3.05) is 20.2 Å². The molecular formula is C12H18N2O3S. The summed E-state index contributed by atoms with van der Waals surface area (Å²) in [6.45, 7) is 3.59. The lowest BCUT2D eigenvalue weighted by atomic mass is 10.3. The van der Waals surface area contributed by atoms with Gasteiger partial charge in [-0.15, -0.1) is 11.3 Å². The van der Waals surface area contributed by atoms with E-state index < -0.39 is 0 Å². The monoisotopic (exact) mass is 270 g/mol. The van der Waals surface area contributed by atoms with Crippen molar-refractivity contribution < 1.29 is 14.3 Å². The second-order valence-corrected chi connectivity index (χ2v) is 5.03. The third-order valence-electron chi connectivity index (χ3n) is 2.24. The molecule has 5 nitrogen and oxygen atoms in total. The van der Waals surface area contributed by atoms with Crippen molar-refractivity contribution in [3.05, 3.63) is 21.9 Å². The largest absolute Gasteiger partial charge is 0.469 e. The highest BCUT2D eigenvalue weighted by atomic mass is 32.1. The quantitative estimate of drug-likeness (QED) is 0.565. The standard InChI is InChI=1S/C12H18N2O3S/c1-9(15)14-6-5-13-8-11-4-3-10(18-11)7-12(16)17-2/h3-4,13H,5-8H2,1-2H3,(H,14,15). The van der Waals surface area contributed by atoms with Gasteiger partial charge in [0.25, 0.3) is 0 Å². The molecule has 6 heteroatoms. The molecule has 0 aliphatic rings. The van der Waals surface area contributed by atoms with E-state index in [0.29, 0.717) is 13.0 Å². The average molecular weight is 270 g/mol. The Kier molecular flexibility index (Phi) is 6.38. The molecule has 2 N–H and O–H groups in total. The van der Waals surface area contributed by atoms with Crippen molar-refractivity contribution in [3.8, 4) is 0 Å². The van der Waals surface area contributed by atoms with Crippen LogP contribution < -0.4 is 10.6 Å². The molecule has 0 unspecified atom stereocenters. The Labute approximate surface area is 111 Å². The summed E-state index contributed by atoms with van der Waals surface area (Å²) >= 11 is 1.59. The fourth-order valence-electron chi connectivity index (χ4n) is 1.37. The first-order valence-electron chi connectivity index (χ1n) is 5.71. The van der Waals surface area contributed by atoms with E-state index in [-0.39, 0.29) is 11.9 Å². The highest BCUT2D eigenvalue weighted by Crippen LogP contribution is 2.17. The minimum atomic E-state index is -0.220. The van der Waals surface area contributed by atoms with Gasteiger partial charge in [-0.05, 0) is 12.1 Å². The average Bonchev–Trinajstić information content (AvgIpc) is 2.75. The summed E-state index contributed by atoms with van der Waals surface area (Å²) in [5.41, 5.74) is 0. The number of ether oxygens (including phenoxy) is 1. The molecular weight excluding hydrogens is 252 g/mol. The van der Waals surface area contributed by atoms with E-state index in [9.17, 15) is 9.59 Å². The molecule has 1 aromatic heterocycles. The minimum Gasteiger partial charge on any atom is -0.469 e. The van der Waals surface area contributed by atoms with Gasteiger partial charge in [-0.3, -0.25) is 9.59 Å². The van der Waals surface area contributed by atoms with Crippen LogP contribution in [0.2, 0.25) is 0 Å². The van der Waals surface area contributed by atoms with Gasteiger partial charge in [0, 0.05) is 36.3 Å². The molecule has 18 heavy (non-hydrogen) atoms. The molecule has 0 fully saturated rings. The zero-order chi connectivity index (χ0) is 13.4. The summed E-state index contributed by atoms with van der Waals surface area (Å²) in [5.74, 6) is -0.240. The van der Waals surface area contributed by atoms with Gasteiger partial charge >= 0.3 is 5.97 Å². The highest BCUT2D eigenvalue weighted by Gasteiger charge is 2.05. The fraction of sp³-hybridized carbons (Fsp3) is 0.500. The van der Waals surface area contributed by atoms with Crippen LogP contribution in [0.4, 0.5) is 0 Å². The van der Waals surface area contributed by atoms with E-state index in [2.05, 4.69) is 15.4 Å². The van der Waals surface area contributed by atoms with Crippen LogP contribution in [0.3, 0.4) is 0 Å². The Morgan fingerprint density at radius 3 is 2.67 bits per heavy atom. The molecule has 0 aromatic carbocycles. The van der Waals surface area contributed by atoms with Crippen molar-refractivity contribution in [2.45, 2.75) is 19.9 Å². The van der Waals surface area contributed by atoms with Crippen LogP contribution in [-0.4, -0.2) is 32.1 Å². The molecule has 0 atom stereocenters. The molecule has 1 heterocycles. The molecule has 0 radical (unpaired) electrons. The van der Waals surface area contributed by atoms with Gasteiger partial charge in [-0.25, -0.2) is 0 Å². The normalized spacial score (nSPS) is 10.1. The first-order chi connectivity index (χ1) is 8.61. The predicted octanol–water partition coefficient (Wildman–Crippen LogP) is 0.689. The van der Waals surface area contributed by atoms with Gasteiger partial charge in [0.05, 0.1) is 13.5 Å². The smallest absolute Gasteiger partial charge is 0.310 e. The molecule has 0 saturated carbocycles. The number of amides is 1. The van der Waals surface area contributed by atoms with E-state index in [1.807, 2.05) is 12.1 Å². The molecule has 1 rings (SSSR count). The van der Waals surface area contributed by atoms with Crippen molar-refractivity contribution in [1.82, 2.24) is 10.6 Å². The Morgan fingerprint density at radius 1 is 1.28 bits per heavy atom. The molecule has 1 amide bonds. The molecule has 1 aromatic rings. The lowest BCUT2D eigenvalue weighted by molar-refractivity contribution is -0.139. The van der Waals surface area contributed by atoms with E-state index in [1.54, 1.807) is 11.3 Å². The summed E-state index contributed by atoms with van der Waals surface area (Å²) in [6.07, 6.45) is 0.326. The number of methoxy groups -OCH3 is 1. The maximum absolute atomic E-state index is 11.1. The van der Waals surface area contributed by atoms with Crippen molar-refractivity contribution >= 4 is 23.2 Å². The highest BCUT2D eigenvalue weighted by molar-refractivity contribution is 7.12. The summed E-state index contributed by atoms with van der Waals surface area (Å²) in [5, 5.41) is 5.93. The van der Waals surface area contributed by atoms with Gasteiger partial charge in [0.1, 0.15) is 0 Å². The molecule has 0 aliphatic heterocycles. The van der Waals surface area contributed by atoms with Gasteiger partial charge in [0.2, 0.25) is 5.91 Å². The maximum Gasteiger partial charge on any atom is 0.310 e. The van der Waals surface area contributed by atoms with Gasteiger partial charge in [-0.1, -0.05) is 0 Å². The SMILES string of the molecule is COC(=O)Cc1ccc(CNCCNC(C)=O)s1. The van der Waals surface area contributed by atoms with E-state index >= 15 is 0 Å². The van der Waals surface area contributed by atoms with Crippen molar-refractivity contribution in [1.29, 1.82) is 0 Å². The number of thiophene rings is 1. The fourth-order valence-corrected chi connectivity index (χ4v) is 2.34. The Hall–Kier alpha value is -1.40. The summed E-state index contributed by atoms with van der Waals surface area (Å²) in [6, 6.07) is 3.93. The Morgan fingerprint density at radius 2 is 2.00 bits per heavy atom. The molecule has 0 bridgehead atoms. The third-order valence-corrected chi connectivity index (χ3v) is 3.32. The number of carbonyl (C=O) groups excluding carboxylic acids is 2. The molecule has 0 spiro atoms. The van der Waals surface area contributed by atoms with Crippen LogP contribution in [0.15, 0.2) is 12.1 Å². The third kappa shape index (κ3) is 5.79. The van der Waals surface area contributed by atoms with Crippen LogP contribution in [-0.2, 0) is 27.3 Å². The van der Waals surface area contributed by atoms with Crippen LogP contribution in [0.5, 0.6) is 0 Å². The van der Waals surface area contributed by atoms with Crippen LogP contribution in [0.25, 0.3) is 0 Å². The molecule has 0 aliphatic carbocycles. The number of nitrogens with one attached hydrogen (secondary N) is 2. The summed E-state index contributed by atoms with van der Waals surface area (Å²) < 4.78 is 4.61. The zero-order valence-electron chi connectivity index (χ0n) is 10.6. The topological polar surface area (TPSA) is 67.4 Å². The lowest BCUT2D eigenvalue weighted by Gasteiger charge is -2.03. The second-order valence-electron chi connectivity index (χ2n) is 3.78. The number of esters is 1. The number of hydrogen-bond donors (Lipinski definition) is 2. The number of rotatable bonds is 7. The number of hydrogen-bond acceptors (Lipinski definition) is 5. The zero-order valence-corrected chi connectivity index (χ0v) is 11.4. The Balaban J connectivity index is 2.23. The molecule has 100 valence electrons. The predicted molar refractivity (Wildman–Crippen MR) is 70.4 cm³/mol. The van der Waals surface area contributed by atoms with Crippen LogP contribution in [0, 0.1) is 0 Å². The van der Waals surface area contributed by atoms with E-state index in [0.717, 1.165) is 22.8 Å². The van der Waals surface area contributed by atoms with Crippen LogP contribution >= 0.6 is 11.3 Å². The van der Waals surface area contributed by atoms with Crippen molar-refractivity contribution in [2.24, 2.45) is 0 Å². The van der Waals surface area contributed by atoms with Crippen molar-refractivity contribution in [3.63, 3.8) is 0 Å². The maximum atomic E-state index is 11.1. The van der Waals surface area contributed by atoms with E-state index in [1.165, 1.54) is 14.0 Å².